The Hall–Kier alpha value is -1.26. The summed E-state index contributed by atoms with van der Waals surface area (Å²) in [6.45, 7) is 3.23. The molecule has 0 aliphatic heterocycles. The molecule has 2 aromatic rings. The Morgan fingerprint density at radius 3 is 2.55 bits per heavy atom. The van der Waals surface area contributed by atoms with Crippen LogP contribution in [0.3, 0.4) is 0 Å². The highest BCUT2D eigenvalue weighted by atomic mass is 32.2. The number of aromatic nitrogens is 2. The first-order valence-electron chi connectivity index (χ1n) is 7.08. The Morgan fingerprint density at radius 1 is 1.25 bits per heavy atom. The predicted molar refractivity (Wildman–Crippen MR) is 86.2 cm³/mol. The quantitative estimate of drug-likeness (QED) is 0.792. The molecule has 0 spiro atoms. The standard InChI is InChI=1S/C16H23N3S/c1-4-10-17-16(12-14-9-11-19(2)18-14)13-5-7-15(20-3)8-6-13/h5-9,11,16-17H,4,10,12H2,1-3H3. The van der Waals surface area contributed by atoms with Crippen LogP contribution in [-0.2, 0) is 13.5 Å². The minimum absolute atomic E-state index is 0.334. The summed E-state index contributed by atoms with van der Waals surface area (Å²) in [5.74, 6) is 0. The van der Waals surface area contributed by atoms with Gasteiger partial charge in [-0.2, -0.15) is 5.10 Å². The average Bonchev–Trinajstić information content (AvgIpc) is 2.89. The van der Waals surface area contributed by atoms with E-state index in [1.807, 2.05) is 17.9 Å². The first kappa shape index (κ1) is 15.1. The number of benzene rings is 1. The molecular formula is C16H23N3S. The highest BCUT2D eigenvalue weighted by molar-refractivity contribution is 7.98. The van der Waals surface area contributed by atoms with E-state index in [2.05, 4.69) is 53.9 Å². The van der Waals surface area contributed by atoms with Crippen molar-refractivity contribution < 1.29 is 0 Å². The zero-order valence-corrected chi connectivity index (χ0v) is 13.3. The second kappa shape index (κ2) is 7.50. The first-order valence-corrected chi connectivity index (χ1v) is 8.31. The monoisotopic (exact) mass is 289 g/mol. The third kappa shape index (κ3) is 4.12. The molecule has 0 aliphatic rings. The zero-order valence-electron chi connectivity index (χ0n) is 12.5. The van der Waals surface area contributed by atoms with Gasteiger partial charge in [-0.25, -0.2) is 0 Å². The predicted octanol–water partition coefficient (Wildman–Crippen LogP) is 3.43. The maximum absolute atomic E-state index is 4.49. The van der Waals surface area contributed by atoms with Crippen molar-refractivity contribution in [2.45, 2.75) is 30.7 Å². The topological polar surface area (TPSA) is 29.9 Å². The van der Waals surface area contributed by atoms with Gasteiger partial charge in [0.25, 0.3) is 0 Å². The van der Waals surface area contributed by atoms with Crippen molar-refractivity contribution in [3.05, 3.63) is 47.8 Å². The summed E-state index contributed by atoms with van der Waals surface area (Å²) in [6.07, 6.45) is 6.18. The van der Waals surface area contributed by atoms with Crippen LogP contribution >= 0.6 is 11.8 Å². The lowest BCUT2D eigenvalue weighted by Crippen LogP contribution is -2.24. The molecule has 0 saturated carbocycles. The van der Waals surface area contributed by atoms with Crippen LogP contribution in [0.15, 0.2) is 41.4 Å². The molecule has 0 amide bonds. The lowest BCUT2D eigenvalue weighted by molar-refractivity contribution is 0.521. The van der Waals surface area contributed by atoms with Gasteiger partial charge in [-0.15, -0.1) is 11.8 Å². The minimum Gasteiger partial charge on any atom is -0.310 e. The van der Waals surface area contributed by atoms with E-state index in [4.69, 9.17) is 0 Å². The van der Waals surface area contributed by atoms with Crippen LogP contribution in [0.25, 0.3) is 0 Å². The molecule has 2 rings (SSSR count). The Bertz CT molecular complexity index is 519. The van der Waals surface area contributed by atoms with Gasteiger partial charge in [0.1, 0.15) is 0 Å². The number of aryl methyl sites for hydroxylation is 1. The van der Waals surface area contributed by atoms with Crippen molar-refractivity contribution in [3.8, 4) is 0 Å². The minimum atomic E-state index is 0.334. The van der Waals surface area contributed by atoms with E-state index in [1.54, 1.807) is 11.8 Å². The third-order valence-electron chi connectivity index (χ3n) is 3.34. The highest BCUT2D eigenvalue weighted by Gasteiger charge is 2.13. The summed E-state index contributed by atoms with van der Waals surface area (Å²) in [5, 5.41) is 8.12. The van der Waals surface area contributed by atoms with E-state index < -0.39 is 0 Å². The van der Waals surface area contributed by atoms with Gasteiger partial charge >= 0.3 is 0 Å². The fraction of sp³-hybridized carbons (Fsp3) is 0.438. The van der Waals surface area contributed by atoms with Gasteiger partial charge in [0, 0.05) is 30.6 Å². The maximum Gasteiger partial charge on any atom is 0.0643 e. The van der Waals surface area contributed by atoms with Crippen molar-refractivity contribution in [2.24, 2.45) is 7.05 Å². The van der Waals surface area contributed by atoms with E-state index in [0.717, 1.165) is 25.1 Å². The SMILES string of the molecule is CCCNC(Cc1ccn(C)n1)c1ccc(SC)cc1. The molecular weight excluding hydrogens is 266 g/mol. The third-order valence-corrected chi connectivity index (χ3v) is 4.08. The van der Waals surface area contributed by atoms with Gasteiger partial charge in [0.15, 0.2) is 0 Å². The van der Waals surface area contributed by atoms with Crippen LogP contribution in [-0.4, -0.2) is 22.6 Å². The molecule has 1 unspecified atom stereocenters. The van der Waals surface area contributed by atoms with E-state index in [1.165, 1.54) is 10.5 Å². The van der Waals surface area contributed by atoms with Crippen molar-refractivity contribution in [1.29, 1.82) is 0 Å². The normalized spacial score (nSPS) is 12.6. The van der Waals surface area contributed by atoms with E-state index in [9.17, 15) is 0 Å². The molecule has 1 N–H and O–H groups in total. The molecule has 3 nitrogen and oxygen atoms in total. The van der Waals surface area contributed by atoms with E-state index in [-0.39, 0.29) is 0 Å². The summed E-state index contributed by atoms with van der Waals surface area (Å²) >= 11 is 1.78. The average molecular weight is 289 g/mol. The lowest BCUT2D eigenvalue weighted by Gasteiger charge is -2.18. The molecule has 0 saturated heterocycles. The zero-order chi connectivity index (χ0) is 14.4. The molecule has 1 heterocycles. The van der Waals surface area contributed by atoms with Gasteiger partial charge in [-0.1, -0.05) is 19.1 Å². The Labute approximate surface area is 125 Å². The van der Waals surface area contributed by atoms with Crippen LogP contribution in [0, 0.1) is 0 Å². The second-order valence-electron chi connectivity index (χ2n) is 4.96. The molecule has 108 valence electrons. The molecule has 1 atom stereocenters. The molecule has 20 heavy (non-hydrogen) atoms. The maximum atomic E-state index is 4.49. The summed E-state index contributed by atoms with van der Waals surface area (Å²) in [5.41, 5.74) is 2.47. The van der Waals surface area contributed by atoms with Crippen molar-refractivity contribution in [1.82, 2.24) is 15.1 Å². The Morgan fingerprint density at radius 2 is 2.00 bits per heavy atom. The Kier molecular flexibility index (Phi) is 5.68. The molecule has 1 aromatic heterocycles. The van der Waals surface area contributed by atoms with Crippen molar-refractivity contribution >= 4 is 11.8 Å². The number of thioether (sulfide) groups is 1. The summed E-state index contributed by atoms with van der Waals surface area (Å²) in [4.78, 5) is 1.31. The molecule has 0 fully saturated rings. The second-order valence-corrected chi connectivity index (χ2v) is 5.84. The largest absolute Gasteiger partial charge is 0.310 e. The molecule has 4 heteroatoms. The fourth-order valence-corrected chi connectivity index (χ4v) is 2.65. The number of nitrogens with one attached hydrogen (secondary N) is 1. The van der Waals surface area contributed by atoms with Gasteiger partial charge in [-0.05, 0) is 43.0 Å². The van der Waals surface area contributed by atoms with Gasteiger partial charge in [0.05, 0.1) is 5.69 Å². The summed E-state index contributed by atoms with van der Waals surface area (Å²) in [7, 11) is 1.96. The van der Waals surface area contributed by atoms with Crippen molar-refractivity contribution in [3.63, 3.8) is 0 Å². The number of rotatable bonds is 7. The first-order chi connectivity index (χ1) is 9.72. The molecule has 1 aromatic carbocycles. The Balaban J connectivity index is 2.12. The van der Waals surface area contributed by atoms with Crippen LogP contribution in [0.2, 0.25) is 0 Å². The van der Waals surface area contributed by atoms with E-state index in [0.29, 0.717) is 6.04 Å². The van der Waals surface area contributed by atoms with Crippen LogP contribution in [0.4, 0.5) is 0 Å². The van der Waals surface area contributed by atoms with Crippen LogP contribution in [0.1, 0.15) is 30.6 Å². The molecule has 0 radical (unpaired) electrons. The molecule has 0 aliphatic carbocycles. The highest BCUT2D eigenvalue weighted by Crippen LogP contribution is 2.21. The molecule has 0 bridgehead atoms. The van der Waals surface area contributed by atoms with E-state index >= 15 is 0 Å². The lowest BCUT2D eigenvalue weighted by atomic mass is 10.0. The summed E-state index contributed by atoms with van der Waals surface area (Å²) in [6, 6.07) is 11.3. The van der Waals surface area contributed by atoms with Gasteiger partial charge in [-0.3, -0.25) is 4.68 Å². The smallest absolute Gasteiger partial charge is 0.0643 e. The number of nitrogens with zero attached hydrogens (tertiary/aromatic N) is 2. The van der Waals surface area contributed by atoms with Crippen molar-refractivity contribution in [2.75, 3.05) is 12.8 Å². The number of hydrogen-bond donors (Lipinski definition) is 1. The van der Waals surface area contributed by atoms with Gasteiger partial charge < -0.3 is 5.32 Å². The van der Waals surface area contributed by atoms with Gasteiger partial charge in [0.2, 0.25) is 0 Å². The van der Waals surface area contributed by atoms with Crippen LogP contribution in [0.5, 0.6) is 0 Å². The summed E-state index contributed by atoms with van der Waals surface area (Å²) < 4.78 is 1.86. The fourth-order valence-electron chi connectivity index (χ4n) is 2.24. The van der Waals surface area contributed by atoms with Crippen LogP contribution < -0.4 is 5.32 Å². The number of hydrogen-bond acceptors (Lipinski definition) is 3.